The summed E-state index contributed by atoms with van der Waals surface area (Å²) < 4.78 is 9.92. The van der Waals surface area contributed by atoms with Crippen molar-refractivity contribution in [1.82, 2.24) is 10.6 Å². The summed E-state index contributed by atoms with van der Waals surface area (Å²) in [5, 5.41) is 4.63. The molecule has 2 N–H and O–H groups in total. The Morgan fingerprint density at radius 3 is 2.46 bits per heavy atom. The second-order valence-corrected chi connectivity index (χ2v) is 5.94. The number of hydrogen-bond acceptors (Lipinski definition) is 5. The number of nitrogens with one attached hydrogen (secondary N) is 2. The van der Waals surface area contributed by atoms with Crippen LogP contribution in [-0.4, -0.2) is 37.2 Å². The molecular weight excluding hydrogens is 312 g/mol. The van der Waals surface area contributed by atoms with Crippen LogP contribution < -0.4 is 15.4 Å². The van der Waals surface area contributed by atoms with Gasteiger partial charge in [0, 0.05) is 17.2 Å². The lowest BCUT2D eigenvalue weighted by Crippen LogP contribution is -2.49. The van der Waals surface area contributed by atoms with Crippen LogP contribution in [0, 0.1) is 0 Å². The Labute approximate surface area is 141 Å². The second-order valence-electron chi connectivity index (χ2n) is 5.94. The van der Waals surface area contributed by atoms with E-state index in [1.807, 2.05) is 6.07 Å². The molecule has 0 bridgehead atoms. The Balaban J connectivity index is 2.44. The molecule has 130 valence electrons. The van der Waals surface area contributed by atoms with Gasteiger partial charge in [0.15, 0.2) is 6.61 Å². The molecule has 0 aromatic heterocycles. The highest BCUT2D eigenvalue weighted by Crippen LogP contribution is 2.18. The number of benzene rings is 1. The maximum absolute atomic E-state index is 11.6. The summed E-state index contributed by atoms with van der Waals surface area (Å²) in [6.07, 6.45) is 2.70. The third kappa shape index (κ3) is 7.44. The first-order valence-corrected chi connectivity index (χ1v) is 7.31. The number of rotatable bonds is 5. The van der Waals surface area contributed by atoms with Gasteiger partial charge < -0.3 is 14.8 Å². The van der Waals surface area contributed by atoms with Gasteiger partial charge in [-0.3, -0.25) is 10.1 Å². The van der Waals surface area contributed by atoms with E-state index in [2.05, 4.69) is 10.6 Å². The van der Waals surface area contributed by atoms with Crippen molar-refractivity contribution >= 4 is 24.0 Å². The van der Waals surface area contributed by atoms with E-state index < -0.39 is 30.1 Å². The molecule has 1 rings (SSSR count). The molecule has 0 saturated heterocycles. The highest BCUT2D eigenvalue weighted by molar-refractivity contribution is 5.96. The van der Waals surface area contributed by atoms with Crippen LogP contribution in [0.4, 0.5) is 4.79 Å². The number of methoxy groups -OCH3 is 1. The summed E-state index contributed by atoms with van der Waals surface area (Å²) in [4.78, 5) is 34.6. The zero-order chi connectivity index (χ0) is 18.2. The molecule has 1 aromatic rings. The number of carbonyl (C=O) groups is 3. The van der Waals surface area contributed by atoms with Crippen molar-refractivity contribution in [2.75, 3.05) is 13.7 Å². The lowest BCUT2D eigenvalue weighted by molar-refractivity contribution is -0.143. The maximum atomic E-state index is 11.6. The highest BCUT2D eigenvalue weighted by Gasteiger charge is 2.16. The summed E-state index contributed by atoms with van der Waals surface area (Å²) in [5.41, 5.74) is 0.226. The van der Waals surface area contributed by atoms with Crippen molar-refractivity contribution in [2.45, 2.75) is 26.3 Å². The lowest BCUT2D eigenvalue weighted by Gasteiger charge is -2.20. The summed E-state index contributed by atoms with van der Waals surface area (Å²) >= 11 is 0. The Hall–Kier alpha value is -2.83. The number of carbonyl (C=O) groups excluding carboxylic acids is 3. The molecule has 7 nitrogen and oxygen atoms in total. The number of para-hydroxylation sites is 1. The first-order chi connectivity index (χ1) is 11.2. The van der Waals surface area contributed by atoms with Crippen molar-refractivity contribution in [1.29, 1.82) is 0 Å². The van der Waals surface area contributed by atoms with Crippen LogP contribution in [0.3, 0.4) is 0 Å². The standard InChI is InChI=1S/C17H22N2O5/c1-17(2,3)19-16(22)18-14(20)11-24-15(21)10-9-12-7-5-6-8-13(12)23-4/h5-10H,11H2,1-4H3,(H2,18,19,20,22)/b10-9+. The number of esters is 1. The summed E-state index contributed by atoms with van der Waals surface area (Å²) in [6.45, 7) is 4.78. The average molecular weight is 334 g/mol. The zero-order valence-electron chi connectivity index (χ0n) is 14.2. The van der Waals surface area contributed by atoms with Crippen LogP contribution in [0.25, 0.3) is 6.08 Å². The number of imide groups is 1. The molecule has 0 heterocycles. The molecule has 3 amide bonds. The van der Waals surface area contributed by atoms with E-state index in [-0.39, 0.29) is 0 Å². The molecule has 24 heavy (non-hydrogen) atoms. The molecule has 7 heteroatoms. The van der Waals surface area contributed by atoms with Crippen LogP contribution in [0.1, 0.15) is 26.3 Å². The highest BCUT2D eigenvalue weighted by atomic mass is 16.5. The molecule has 0 fully saturated rings. The van der Waals surface area contributed by atoms with Crippen molar-refractivity contribution in [2.24, 2.45) is 0 Å². The Bertz CT molecular complexity index is 632. The van der Waals surface area contributed by atoms with Crippen molar-refractivity contribution in [3.8, 4) is 5.75 Å². The summed E-state index contributed by atoms with van der Waals surface area (Å²) in [7, 11) is 1.53. The molecule has 0 aliphatic heterocycles. The van der Waals surface area contributed by atoms with Crippen molar-refractivity contribution in [3.63, 3.8) is 0 Å². The third-order valence-electron chi connectivity index (χ3n) is 2.62. The molecule has 0 aliphatic rings. The molecule has 0 spiro atoms. The van der Waals surface area contributed by atoms with Gasteiger partial charge in [0.25, 0.3) is 5.91 Å². The van der Waals surface area contributed by atoms with Crippen LogP contribution in [0.15, 0.2) is 30.3 Å². The van der Waals surface area contributed by atoms with E-state index in [0.29, 0.717) is 11.3 Å². The first kappa shape index (κ1) is 19.2. The van der Waals surface area contributed by atoms with E-state index in [0.717, 1.165) is 0 Å². The fourth-order valence-corrected chi connectivity index (χ4v) is 1.68. The fraction of sp³-hybridized carbons (Fsp3) is 0.353. The van der Waals surface area contributed by atoms with Gasteiger partial charge in [-0.15, -0.1) is 0 Å². The minimum absolute atomic E-state index is 0.474. The Kier molecular flexibility index (Phi) is 6.98. The van der Waals surface area contributed by atoms with Gasteiger partial charge in [-0.25, -0.2) is 9.59 Å². The van der Waals surface area contributed by atoms with E-state index in [1.54, 1.807) is 39.0 Å². The largest absolute Gasteiger partial charge is 0.496 e. The van der Waals surface area contributed by atoms with Crippen LogP contribution in [0.5, 0.6) is 5.75 Å². The number of hydrogen-bond donors (Lipinski definition) is 2. The van der Waals surface area contributed by atoms with Gasteiger partial charge in [0.1, 0.15) is 5.75 Å². The normalized spacial score (nSPS) is 11.0. The molecule has 0 saturated carbocycles. The fourth-order valence-electron chi connectivity index (χ4n) is 1.68. The van der Waals surface area contributed by atoms with E-state index in [1.165, 1.54) is 19.3 Å². The van der Waals surface area contributed by atoms with E-state index in [9.17, 15) is 14.4 Å². The first-order valence-electron chi connectivity index (χ1n) is 7.31. The van der Waals surface area contributed by atoms with E-state index in [4.69, 9.17) is 9.47 Å². The summed E-state index contributed by atoms with van der Waals surface area (Å²) in [6, 6.07) is 6.49. The minimum atomic E-state index is -0.712. The minimum Gasteiger partial charge on any atom is -0.496 e. The van der Waals surface area contributed by atoms with Crippen LogP contribution >= 0.6 is 0 Å². The van der Waals surface area contributed by atoms with Gasteiger partial charge >= 0.3 is 12.0 Å². The number of amides is 3. The van der Waals surface area contributed by atoms with Gasteiger partial charge in [0.2, 0.25) is 0 Å². The molecule has 0 aliphatic carbocycles. The molecule has 0 atom stereocenters. The predicted octanol–water partition coefficient (Wildman–Crippen LogP) is 1.88. The zero-order valence-corrected chi connectivity index (χ0v) is 14.2. The van der Waals surface area contributed by atoms with Gasteiger partial charge in [-0.05, 0) is 32.9 Å². The SMILES string of the molecule is COc1ccccc1/C=C/C(=O)OCC(=O)NC(=O)NC(C)(C)C. The maximum Gasteiger partial charge on any atom is 0.331 e. The average Bonchev–Trinajstić information content (AvgIpc) is 2.49. The number of ether oxygens (including phenoxy) is 2. The van der Waals surface area contributed by atoms with Gasteiger partial charge in [-0.2, -0.15) is 0 Å². The van der Waals surface area contributed by atoms with Gasteiger partial charge in [-0.1, -0.05) is 18.2 Å². The van der Waals surface area contributed by atoms with Crippen molar-refractivity contribution < 1.29 is 23.9 Å². The van der Waals surface area contributed by atoms with Crippen LogP contribution in [-0.2, 0) is 14.3 Å². The second kappa shape index (κ2) is 8.71. The summed E-state index contributed by atoms with van der Waals surface area (Å²) in [5.74, 6) is -0.804. The molecule has 1 aromatic carbocycles. The van der Waals surface area contributed by atoms with E-state index >= 15 is 0 Å². The van der Waals surface area contributed by atoms with Crippen LogP contribution in [0.2, 0.25) is 0 Å². The molecule has 0 unspecified atom stereocenters. The quantitative estimate of drug-likeness (QED) is 0.633. The molecule has 0 radical (unpaired) electrons. The number of urea groups is 1. The monoisotopic (exact) mass is 334 g/mol. The smallest absolute Gasteiger partial charge is 0.331 e. The topological polar surface area (TPSA) is 93.7 Å². The van der Waals surface area contributed by atoms with Crippen molar-refractivity contribution in [3.05, 3.63) is 35.9 Å². The van der Waals surface area contributed by atoms with Gasteiger partial charge in [0.05, 0.1) is 7.11 Å². The molecular formula is C17H22N2O5. The lowest BCUT2D eigenvalue weighted by atomic mass is 10.1. The Morgan fingerprint density at radius 1 is 1.17 bits per heavy atom. The Morgan fingerprint density at radius 2 is 1.83 bits per heavy atom. The predicted molar refractivity (Wildman–Crippen MR) is 89.4 cm³/mol. The third-order valence-corrected chi connectivity index (χ3v) is 2.62.